The number of nitrogens with one attached hydrogen (secondary N) is 1. The van der Waals surface area contributed by atoms with Crippen LogP contribution in [0.15, 0.2) is 18.5 Å². The number of aryl methyl sites for hydroxylation is 1. The summed E-state index contributed by atoms with van der Waals surface area (Å²) in [6.45, 7) is 11.6. The van der Waals surface area contributed by atoms with Gasteiger partial charge < -0.3 is 14.6 Å². The molecule has 1 aromatic heterocycles. The van der Waals surface area contributed by atoms with E-state index in [1.54, 1.807) is 0 Å². The van der Waals surface area contributed by atoms with Crippen LogP contribution < -0.4 is 5.32 Å². The second kappa shape index (κ2) is 7.68. The maximum atomic E-state index is 5.37. The van der Waals surface area contributed by atoms with E-state index in [1.807, 2.05) is 0 Å². The van der Waals surface area contributed by atoms with Gasteiger partial charge in [-0.05, 0) is 25.0 Å². The molecular weight excluding hydrogens is 238 g/mol. The summed E-state index contributed by atoms with van der Waals surface area (Å²) in [6.07, 6.45) is 5.61. The Morgan fingerprint density at radius 1 is 1.37 bits per heavy atom. The van der Waals surface area contributed by atoms with Crippen molar-refractivity contribution < 1.29 is 4.74 Å². The summed E-state index contributed by atoms with van der Waals surface area (Å²) < 4.78 is 7.64. The molecule has 19 heavy (non-hydrogen) atoms. The molecule has 4 nitrogen and oxygen atoms in total. The number of morpholine rings is 1. The Bertz CT molecular complexity index is 358. The van der Waals surface area contributed by atoms with Crippen molar-refractivity contribution in [3.8, 4) is 0 Å². The van der Waals surface area contributed by atoms with Gasteiger partial charge in [-0.2, -0.15) is 0 Å². The standard InChI is InChI=1S/C15H27N3O/c1-3-5-17-6-4-15(13-17)11-16-14(2)12-18-7-9-19-10-8-18/h4,6,13-14,16H,3,5,7-12H2,1-2H3. The van der Waals surface area contributed by atoms with Crippen molar-refractivity contribution in [3.63, 3.8) is 0 Å². The molecule has 0 saturated carbocycles. The van der Waals surface area contributed by atoms with Crippen molar-refractivity contribution in [2.45, 2.75) is 39.4 Å². The molecule has 1 fully saturated rings. The minimum absolute atomic E-state index is 0.521. The number of ether oxygens (including phenoxy) is 1. The zero-order chi connectivity index (χ0) is 13.5. The van der Waals surface area contributed by atoms with E-state index in [0.29, 0.717) is 6.04 Å². The fraction of sp³-hybridized carbons (Fsp3) is 0.733. The smallest absolute Gasteiger partial charge is 0.0594 e. The molecule has 1 unspecified atom stereocenters. The van der Waals surface area contributed by atoms with E-state index in [0.717, 1.165) is 45.9 Å². The summed E-state index contributed by atoms with van der Waals surface area (Å²) in [6, 6.07) is 2.73. The Labute approximate surface area is 116 Å². The molecule has 0 spiro atoms. The van der Waals surface area contributed by atoms with Gasteiger partial charge in [0.1, 0.15) is 0 Å². The molecule has 4 heteroatoms. The Kier molecular flexibility index (Phi) is 5.89. The van der Waals surface area contributed by atoms with Crippen LogP contribution in [0.2, 0.25) is 0 Å². The molecule has 2 rings (SSSR count). The van der Waals surface area contributed by atoms with E-state index >= 15 is 0 Å². The first-order valence-corrected chi connectivity index (χ1v) is 7.46. The van der Waals surface area contributed by atoms with Gasteiger partial charge in [-0.15, -0.1) is 0 Å². The van der Waals surface area contributed by atoms with Gasteiger partial charge in [0.15, 0.2) is 0 Å². The molecular formula is C15H27N3O. The first kappa shape index (κ1) is 14.6. The predicted molar refractivity (Wildman–Crippen MR) is 78.3 cm³/mol. The molecule has 1 saturated heterocycles. The molecule has 1 aromatic rings. The number of nitrogens with zero attached hydrogens (tertiary/aromatic N) is 2. The van der Waals surface area contributed by atoms with Crippen LogP contribution in [-0.4, -0.2) is 48.4 Å². The van der Waals surface area contributed by atoms with Crippen LogP contribution in [0.25, 0.3) is 0 Å². The van der Waals surface area contributed by atoms with Crippen LogP contribution in [0.1, 0.15) is 25.8 Å². The largest absolute Gasteiger partial charge is 0.379 e. The van der Waals surface area contributed by atoms with Gasteiger partial charge in [0.2, 0.25) is 0 Å². The van der Waals surface area contributed by atoms with Crippen molar-refractivity contribution in [2.24, 2.45) is 0 Å². The summed E-state index contributed by atoms with van der Waals surface area (Å²) in [5.41, 5.74) is 1.38. The van der Waals surface area contributed by atoms with Crippen LogP contribution in [0.3, 0.4) is 0 Å². The highest BCUT2D eigenvalue weighted by Crippen LogP contribution is 2.03. The van der Waals surface area contributed by atoms with Gasteiger partial charge >= 0.3 is 0 Å². The Morgan fingerprint density at radius 2 is 2.16 bits per heavy atom. The lowest BCUT2D eigenvalue weighted by Crippen LogP contribution is -2.44. The normalized spacial score (nSPS) is 18.6. The van der Waals surface area contributed by atoms with Crippen molar-refractivity contribution in [2.75, 3.05) is 32.8 Å². The molecule has 0 radical (unpaired) electrons. The van der Waals surface area contributed by atoms with Crippen molar-refractivity contribution in [3.05, 3.63) is 24.0 Å². The first-order chi connectivity index (χ1) is 9.28. The number of hydrogen-bond donors (Lipinski definition) is 1. The molecule has 0 aromatic carbocycles. The molecule has 1 aliphatic rings. The average molecular weight is 265 g/mol. The fourth-order valence-electron chi connectivity index (χ4n) is 2.52. The van der Waals surface area contributed by atoms with Gasteiger partial charge in [0.05, 0.1) is 13.2 Å². The maximum absolute atomic E-state index is 5.37. The number of rotatable bonds is 7. The Morgan fingerprint density at radius 3 is 2.89 bits per heavy atom. The zero-order valence-corrected chi connectivity index (χ0v) is 12.3. The molecule has 2 heterocycles. The average Bonchev–Trinajstić information content (AvgIpc) is 2.86. The lowest BCUT2D eigenvalue weighted by Gasteiger charge is -2.29. The lowest BCUT2D eigenvalue weighted by molar-refractivity contribution is 0.0343. The monoisotopic (exact) mass is 265 g/mol. The third kappa shape index (κ3) is 4.97. The number of aromatic nitrogens is 1. The zero-order valence-electron chi connectivity index (χ0n) is 12.3. The van der Waals surface area contributed by atoms with E-state index in [2.05, 4.69) is 47.1 Å². The van der Waals surface area contributed by atoms with Crippen molar-refractivity contribution >= 4 is 0 Å². The third-order valence-corrected chi connectivity index (χ3v) is 3.58. The molecule has 0 aliphatic carbocycles. The van der Waals surface area contributed by atoms with Crippen molar-refractivity contribution in [1.29, 1.82) is 0 Å². The van der Waals surface area contributed by atoms with Gasteiger partial charge in [-0.3, -0.25) is 4.90 Å². The highest BCUT2D eigenvalue weighted by atomic mass is 16.5. The van der Waals surface area contributed by atoms with Crippen LogP contribution in [-0.2, 0) is 17.8 Å². The fourth-order valence-corrected chi connectivity index (χ4v) is 2.52. The minimum atomic E-state index is 0.521. The third-order valence-electron chi connectivity index (χ3n) is 3.58. The molecule has 1 N–H and O–H groups in total. The molecule has 108 valence electrons. The summed E-state index contributed by atoms with van der Waals surface area (Å²) in [7, 11) is 0. The second-order valence-electron chi connectivity index (χ2n) is 5.45. The summed E-state index contributed by atoms with van der Waals surface area (Å²) in [5, 5.41) is 3.61. The molecule has 1 aliphatic heterocycles. The van der Waals surface area contributed by atoms with Gasteiger partial charge in [-0.1, -0.05) is 6.92 Å². The van der Waals surface area contributed by atoms with E-state index in [-0.39, 0.29) is 0 Å². The molecule has 1 atom stereocenters. The topological polar surface area (TPSA) is 29.4 Å². The Hall–Kier alpha value is -0.840. The summed E-state index contributed by atoms with van der Waals surface area (Å²) in [5.74, 6) is 0. The van der Waals surface area contributed by atoms with Crippen LogP contribution in [0.5, 0.6) is 0 Å². The van der Waals surface area contributed by atoms with Gasteiger partial charge in [-0.25, -0.2) is 0 Å². The predicted octanol–water partition coefficient (Wildman–Crippen LogP) is 1.71. The number of hydrogen-bond acceptors (Lipinski definition) is 3. The summed E-state index contributed by atoms with van der Waals surface area (Å²) in [4.78, 5) is 2.48. The second-order valence-corrected chi connectivity index (χ2v) is 5.45. The van der Waals surface area contributed by atoms with Crippen LogP contribution in [0, 0.1) is 0 Å². The van der Waals surface area contributed by atoms with E-state index in [1.165, 1.54) is 12.0 Å². The minimum Gasteiger partial charge on any atom is -0.379 e. The van der Waals surface area contributed by atoms with Gasteiger partial charge in [0, 0.05) is 51.2 Å². The Balaban J connectivity index is 1.68. The quantitative estimate of drug-likeness (QED) is 0.814. The van der Waals surface area contributed by atoms with Gasteiger partial charge in [0.25, 0.3) is 0 Å². The van der Waals surface area contributed by atoms with Crippen LogP contribution in [0.4, 0.5) is 0 Å². The molecule has 0 amide bonds. The SMILES string of the molecule is CCCn1ccc(CNC(C)CN2CCOCC2)c1. The highest BCUT2D eigenvalue weighted by Gasteiger charge is 2.13. The van der Waals surface area contributed by atoms with Crippen LogP contribution >= 0.6 is 0 Å². The first-order valence-electron chi connectivity index (χ1n) is 7.46. The lowest BCUT2D eigenvalue weighted by atomic mass is 10.2. The van der Waals surface area contributed by atoms with E-state index in [4.69, 9.17) is 4.74 Å². The van der Waals surface area contributed by atoms with E-state index < -0.39 is 0 Å². The van der Waals surface area contributed by atoms with Crippen molar-refractivity contribution in [1.82, 2.24) is 14.8 Å². The highest BCUT2D eigenvalue weighted by molar-refractivity contribution is 5.10. The maximum Gasteiger partial charge on any atom is 0.0594 e. The van der Waals surface area contributed by atoms with E-state index in [9.17, 15) is 0 Å². The molecule has 0 bridgehead atoms. The summed E-state index contributed by atoms with van der Waals surface area (Å²) >= 11 is 0.